The molecule has 6 heteroatoms. The first-order valence-corrected chi connectivity index (χ1v) is 7.34. The molecule has 0 aromatic rings. The van der Waals surface area contributed by atoms with Gasteiger partial charge >= 0.3 is 0 Å². The molecule has 0 aromatic carbocycles. The van der Waals surface area contributed by atoms with Gasteiger partial charge in [0.15, 0.2) is 0 Å². The van der Waals surface area contributed by atoms with Crippen molar-refractivity contribution in [2.24, 2.45) is 0 Å². The lowest BCUT2D eigenvalue weighted by molar-refractivity contribution is 0.136. The van der Waals surface area contributed by atoms with Gasteiger partial charge in [-0.1, -0.05) is 0 Å². The molecule has 3 atom stereocenters. The second-order valence-electron chi connectivity index (χ2n) is 4.52. The maximum Gasteiger partial charge on any atom is 0.214 e. The van der Waals surface area contributed by atoms with E-state index in [-0.39, 0.29) is 17.9 Å². The van der Waals surface area contributed by atoms with Crippen molar-refractivity contribution in [1.29, 1.82) is 0 Å². The van der Waals surface area contributed by atoms with Crippen molar-refractivity contribution in [3.63, 3.8) is 0 Å². The highest BCUT2D eigenvalue weighted by Gasteiger charge is 2.24. The lowest BCUT2D eigenvalue weighted by Gasteiger charge is -2.28. The molecule has 1 rings (SSSR count). The molecule has 0 amide bonds. The largest absolute Gasteiger partial charge is 0.381 e. The van der Waals surface area contributed by atoms with Gasteiger partial charge in [-0.15, -0.1) is 0 Å². The number of rotatable bonds is 5. The maximum absolute atomic E-state index is 11.8. The second-order valence-corrected chi connectivity index (χ2v) is 6.32. The lowest BCUT2D eigenvalue weighted by Crippen LogP contribution is -2.47. The fourth-order valence-corrected chi connectivity index (χ4v) is 3.49. The molecule has 1 aliphatic rings. The zero-order valence-electron chi connectivity index (χ0n) is 10.2. The van der Waals surface area contributed by atoms with E-state index in [2.05, 4.69) is 17.0 Å². The third-order valence-corrected chi connectivity index (χ3v) is 4.43. The Balaban J connectivity index is 2.45. The molecule has 0 aromatic heterocycles. The molecule has 5 nitrogen and oxygen atoms in total. The highest BCUT2D eigenvalue weighted by molar-refractivity contribution is 7.89. The SMILES string of the molecule is COC(C)CS(=O)(=O)NC1CCNC(C)C1. The van der Waals surface area contributed by atoms with Crippen LogP contribution in [0.3, 0.4) is 0 Å². The van der Waals surface area contributed by atoms with Crippen molar-refractivity contribution in [3.05, 3.63) is 0 Å². The van der Waals surface area contributed by atoms with E-state index >= 15 is 0 Å². The summed E-state index contributed by atoms with van der Waals surface area (Å²) in [6.07, 6.45) is 1.43. The number of piperidine rings is 1. The Bertz CT molecular complexity index is 305. The summed E-state index contributed by atoms with van der Waals surface area (Å²) in [7, 11) is -1.70. The molecule has 2 N–H and O–H groups in total. The van der Waals surface area contributed by atoms with Crippen molar-refractivity contribution >= 4 is 10.0 Å². The Morgan fingerprint density at radius 2 is 2.25 bits per heavy atom. The van der Waals surface area contributed by atoms with E-state index in [4.69, 9.17) is 4.74 Å². The van der Waals surface area contributed by atoms with Gasteiger partial charge in [0.05, 0.1) is 11.9 Å². The zero-order valence-corrected chi connectivity index (χ0v) is 11.0. The summed E-state index contributed by atoms with van der Waals surface area (Å²) < 4.78 is 31.2. The van der Waals surface area contributed by atoms with Gasteiger partial charge in [0.25, 0.3) is 0 Å². The van der Waals surface area contributed by atoms with E-state index in [1.54, 1.807) is 6.92 Å². The van der Waals surface area contributed by atoms with E-state index < -0.39 is 10.0 Å². The van der Waals surface area contributed by atoms with Crippen molar-refractivity contribution in [3.8, 4) is 0 Å². The fraction of sp³-hybridized carbons (Fsp3) is 1.00. The predicted molar refractivity (Wildman–Crippen MR) is 63.9 cm³/mol. The van der Waals surface area contributed by atoms with Gasteiger partial charge in [0, 0.05) is 19.2 Å². The topological polar surface area (TPSA) is 67.4 Å². The molecule has 0 radical (unpaired) electrons. The van der Waals surface area contributed by atoms with Crippen LogP contribution in [0.5, 0.6) is 0 Å². The summed E-state index contributed by atoms with van der Waals surface area (Å²) in [5.41, 5.74) is 0. The molecular formula is C10H22N2O3S. The van der Waals surface area contributed by atoms with Crippen molar-refractivity contribution in [1.82, 2.24) is 10.0 Å². The second kappa shape index (κ2) is 5.95. The maximum atomic E-state index is 11.8. The number of hydrogen-bond acceptors (Lipinski definition) is 4. The highest BCUT2D eigenvalue weighted by atomic mass is 32.2. The van der Waals surface area contributed by atoms with Crippen LogP contribution in [0.1, 0.15) is 26.7 Å². The quantitative estimate of drug-likeness (QED) is 0.725. The Morgan fingerprint density at radius 3 is 2.81 bits per heavy atom. The molecule has 3 unspecified atom stereocenters. The van der Waals surface area contributed by atoms with Crippen LogP contribution in [-0.4, -0.2) is 46.0 Å². The first-order chi connectivity index (χ1) is 7.43. The molecule has 1 heterocycles. The van der Waals surface area contributed by atoms with E-state index in [0.29, 0.717) is 6.04 Å². The smallest absolute Gasteiger partial charge is 0.214 e. The van der Waals surface area contributed by atoms with Crippen molar-refractivity contribution < 1.29 is 13.2 Å². The molecule has 96 valence electrons. The van der Waals surface area contributed by atoms with Crippen molar-refractivity contribution in [2.75, 3.05) is 19.4 Å². The lowest BCUT2D eigenvalue weighted by atomic mass is 10.0. The Labute approximate surface area is 98.0 Å². The van der Waals surface area contributed by atoms with Crippen LogP contribution in [-0.2, 0) is 14.8 Å². The van der Waals surface area contributed by atoms with Crippen LogP contribution in [0, 0.1) is 0 Å². The van der Waals surface area contributed by atoms with Crippen LogP contribution < -0.4 is 10.0 Å². The highest BCUT2D eigenvalue weighted by Crippen LogP contribution is 2.09. The molecule has 0 aliphatic carbocycles. The molecule has 1 aliphatic heterocycles. The van der Waals surface area contributed by atoms with Crippen LogP contribution in [0.25, 0.3) is 0 Å². The van der Waals surface area contributed by atoms with E-state index in [1.807, 2.05) is 0 Å². The first kappa shape index (κ1) is 13.9. The number of nitrogens with one attached hydrogen (secondary N) is 2. The molecule has 16 heavy (non-hydrogen) atoms. The number of methoxy groups -OCH3 is 1. The summed E-state index contributed by atoms with van der Waals surface area (Å²) in [6, 6.07) is 0.437. The van der Waals surface area contributed by atoms with E-state index in [0.717, 1.165) is 19.4 Å². The van der Waals surface area contributed by atoms with Gasteiger partial charge in [-0.3, -0.25) is 0 Å². The average molecular weight is 250 g/mol. The molecule has 1 saturated heterocycles. The molecule has 1 fully saturated rings. The Hall–Kier alpha value is -0.170. The van der Waals surface area contributed by atoms with Gasteiger partial charge in [-0.2, -0.15) is 0 Å². The first-order valence-electron chi connectivity index (χ1n) is 5.69. The standard InChI is InChI=1S/C10H22N2O3S/c1-8-6-10(4-5-11-8)12-16(13,14)7-9(2)15-3/h8-12H,4-7H2,1-3H3. The summed E-state index contributed by atoms with van der Waals surface area (Å²) in [5.74, 6) is 0.0296. The minimum absolute atomic E-state index is 0.0296. The Kier molecular flexibility index (Phi) is 5.17. The average Bonchev–Trinajstić information content (AvgIpc) is 2.15. The van der Waals surface area contributed by atoms with Gasteiger partial charge in [-0.25, -0.2) is 13.1 Å². The molecule has 0 bridgehead atoms. The molecule has 0 spiro atoms. The minimum Gasteiger partial charge on any atom is -0.381 e. The summed E-state index contributed by atoms with van der Waals surface area (Å²) in [6.45, 7) is 4.69. The zero-order chi connectivity index (χ0) is 12.2. The summed E-state index contributed by atoms with van der Waals surface area (Å²) in [5, 5.41) is 3.29. The van der Waals surface area contributed by atoms with E-state index in [1.165, 1.54) is 7.11 Å². The van der Waals surface area contributed by atoms with Crippen LogP contribution in [0.2, 0.25) is 0 Å². The van der Waals surface area contributed by atoms with E-state index in [9.17, 15) is 8.42 Å². The van der Waals surface area contributed by atoms with Gasteiger partial charge in [-0.05, 0) is 33.2 Å². The molecule has 0 saturated carbocycles. The Morgan fingerprint density at radius 1 is 1.56 bits per heavy atom. The predicted octanol–water partition coefficient (Wildman–Crippen LogP) is 0.0812. The third-order valence-electron chi connectivity index (χ3n) is 2.83. The van der Waals surface area contributed by atoms with Gasteiger partial charge in [0.2, 0.25) is 10.0 Å². The monoisotopic (exact) mass is 250 g/mol. The van der Waals surface area contributed by atoms with Crippen LogP contribution in [0.15, 0.2) is 0 Å². The van der Waals surface area contributed by atoms with Gasteiger partial charge < -0.3 is 10.1 Å². The normalized spacial score (nSPS) is 28.9. The number of hydrogen-bond donors (Lipinski definition) is 2. The number of sulfonamides is 1. The third kappa shape index (κ3) is 4.78. The van der Waals surface area contributed by atoms with Crippen LogP contribution in [0.4, 0.5) is 0 Å². The van der Waals surface area contributed by atoms with Crippen molar-refractivity contribution in [2.45, 2.75) is 44.9 Å². The minimum atomic E-state index is -3.22. The molecular weight excluding hydrogens is 228 g/mol. The van der Waals surface area contributed by atoms with Gasteiger partial charge in [0.1, 0.15) is 0 Å². The summed E-state index contributed by atoms with van der Waals surface area (Å²) in [4.78, 5) is 0. The summed E-state index contributed by atoms with van der Waals surface area (Å²) >= 11 is 0. The number of ether oxygens (including phenoxy) is 1. The fourth-order valence-electron chi connectivity index (χ4n) is 1.92. The van der Waals surface area contributed by atoms with Crippen LogP contribution >= 0.6 is 0 Å².